The fraction of sp³-hybridized carbons (Fsp3) is 0.235. The van der Waals surface area contributed by atoms with Crippen LogP contribution in [0.1, 0.15) is 24.9 Å². The van der Waals surface area contributed by atoms with Gasteiger partial charge in [0.15, 0.2) is 0 Å². The van der Waals surface area contributed by atoms with Crippen LogP contribution in [0, 0.1) is 0 Å². The van der Waals surface area contributed by atoms with Crippen LogP contribution in [-0.4, -0.2) is 26.1 Å². The molecule has 2 aromatic carbocycles. The second kappa shape index (κ2) is 8.33. The normalized spacial score (nSPS) is 12.6. The second-order valence-electron chi connectivity index (χ2n) is 5.23. The molecule has 2 N–H and O–H groups in total. The molecule has 2 rings (SSSR count). The molecule has 0 aromatic heterocycles. The average Bonchev–Trinajstić information content (AvgIpc) is 2.55. The number of aliphatic carboxylic acids is 1. The lowest BCUT2D eigenvalue weighted by Crippen LogP contribution is -2.30. The predicted octanol–water partition coefficient (Wildman–Crippen LogP) is 3.23. The standard InChI is InChI=1S/C17H18ClNO5S/c1-2-24-14-7-3-12(4-8-14)16(11-17(20)21)19-25(22,23)15-9-5-13(18)6-10-15/h3-10,16,19H,2,11H2,1H3,(H,20,21)/t16-/m1/s1. The zero-order chi connectivity index (χ0) is 18.4. The largest absolute Gasteiger partial charge is 0.494 e. The number of sulfonamides is 1. The van der Waals surface area contributed by atoms with Crippen LogP contribution < -0.4 is 9.46 Å². The van der Waals surface area contributed by atoms with Crippen molar-refractivity contribution < 1.29 is 23.1 Å². The summed E-state index contributed by atoms with van der Waals surface area (Å²) in [6.45, 7) is 2.35. The van der Waals surface area contributed by atoms with Crippen molar-refractivity contribution in [3.8, 4) is 5.75 Å². The quantitative estimate of drug-likeness (QED) is 0.730. The molecule has 0 spiro atoms. The lowest BCUT2D eigenvalue weighted by Gasteiger charge is -2.18. The number of carboxylic acid groups (broad SMARTS) is 1. The van der Waals surface area contributed by atoms with Gasteiger partial charge in [-0.05, 0) is 48.9 Å². The van der Waals surface area contributed by atoms with Gasteiger partial charge in [0.05, 0.1) is 24.0 Å². The first-order valence-electron chi connectivity index (χ1n) is 7.54. The van der Waals surface area contributed by atoms with Gasteiger partial charge in [-0.15, -0.1) is 0 Å². The molecule has 0 bridgehead atoms. The lowest BCUT2D eigenvalue weighted by molar-refractivity contribution is -0.137. The highest BCUT2D eigenvalue weighted by atomic mass is 35.5. The van der Waals surface area contributed by atoms with Gasteiger partial charge in [0.25, 0.3) is 0 Å². The number of hydrogen-bond donors (Lipinski definition) is 2. The average molecular weight is 384 g/mol. The summed E-state index contributed by atoms with van der Waals surface area (Å²) < 4.78 is 32.8. The lowest BCUT2D eigenvalue weighted by atomic mass is 10.0. The van der Waals surface area contributed by atoms with Crippen molar-refractivity contribution >= 4 is 27.6 Å². The number of halogens is 1. The Labute approximate surface area is 151 Å². The Morgan fingerprint density at radius 2 is 1.76 bits per heavy atom. The van der Waals surface area contributed by atoms with Crippen molar-refractivity contribution in [1.82, 2.24) is 4.72 Å². The van der Waals surface area contributed by atoms with E-state index in [2.05, 4.69) is 4.72 Å². The molecular formula is C17H18ClNO5S. The second-order valence-corrected chi connectivity index (χ2v) is 7.38. The van der Waals surface area contributed by atoms with Crippen molar-refractivity contribution in [3.63, 3.8) is 0 Å². The van der Waals surface area contributed by atoms with Crippen LogP contribution in [0.5, 0.6) is 5.75 Å². The van der Waals surface area contributed by atoms with Crippen molar-refractivity contribution in [2.75, 3.05) is 6.61 Å². The van der Waals surface area contributed by atoms with E-state index in [0.29, 0.717) is 22.9 Å². The van der Waals surface area contributed by atoms with Gasteiger partial charge in [0.1, 0.15) is 5.75 Å². The van der Waals surface area contributed by atoms with E-state index >= 15 is 0 Å². The molecule has 6 nitrogen and oxygen atoms in total. The van der Waals surface area contributed by atoms with Crippen LogP contribution in [0.15, 0.2) is 53.4 Å². The van der Waals surface area contributed by atoms with E-state index in [1.807, 2.05) is 6.92 Å². The molecule has 8 heteroatoms. The number of carbonyl (C=O) groups is 1. The van der Waals surface area contributed by atoms with Crippen molar-refractivity contribution in [3.05, 3.63) is 59.1 Å². The van der Waals surface area contributed by atoms with E-state index < -0.39 is 22.0 Å². The van der Waals surface area contributed by atoms with E-state index in [-0.39, 0.29) is 11.3 Å². The van der Waals surface area contributed by atoms with Crippen LogP contribution in [0.4, 0.5) is 0 Å². The fourth-order valence-electron chi connectivity index (χ4n) is 2.23. The minimum absolute atomic E-state index is 0.0122. The monoisotopic (exact) mass is 383 g/mol. The first-order valence-corrected chi connectivity index (χ1v) is 9.40. The van der Waals surface area contributed by atoms with Crippen LogP contribution in [0.3, 0.4) is 0 Å². The number of hydrogen-bond acceptors (Lipinski definition) is 4. The zero-order valence-electron chi connectivity index (χ0n) is 13.5. The van der Waals surface area contributed by atoms with E-state index in [0.717, 1.165) is 0 Å². The summed E-state index contributed by atoms with van der Waals surface area (Å²) in [5.74, 6) is -0.487. The Kier molecular flexibility index (Phi) is 6.41. The van der Waals surface area contributed by atoms with Crippen molar-refractivity contribution in [2.24, 2.45) is 0 Å². The van der Waals surface area contributed by atoms with Crippen LogP contribution in [0.2, 0.25) is 5.02 Å². The van der Waals surface area contributed by atoms with Crippen LogP contribution in [0.25, 0.3) is 0 Å². The van der Waals surface area contributed by atoms with Gasteiger partial charge in [-0.2, -0.15) is 0 Å². The first-order chi connectivity index (χ1) is 11.8. The summed E-state index contributed by atoms with van der Waals surface area (Å²) in [4.78, 5) is 11.2. The van der Waals surface area contributed by atoms with E-state index in [1.165, 1.54) is 24.3 Å². The first kappa shape index (κ1) is 19.2. The molecule has 134 valence electrons. The van der Waals surface area contributed by atoms with Gasteiger partial charge < -0.3 is 9.84 Å². The van der Waals surface area contributed by atoms with E-state index in [9.17, 15) is 13.2 Å². The highest BCUT2D eigenvalue weighted by Gasteiger charge is 2.23. The molecule has 0 unspecified atom stereocenters. The highest BCUT2D eigenvalue weighted by Crippen LogP contribution is 2.23. The van der Waals surface area contributed by atoms with Gasteiger partial charge in [-0.1, -0.05) is 23.7 Å². The molecule has 1 atom stereocenters. The van der Waals surface area contributed by atoms with Gasteiger partial charge >= 0.3 is 5.97 Å². The molecule has 0 aliphatic heterocycles. The van der Waals surface area contributed by atoms with Crippen LogP contribution in [-0.2, 0) is 14.8 Å². The van der Waals surface area contributed by atoms with Gasteiger partial charge in [-0.3, -0.25) is 4.79 Å². The number of carboxylic acids is 1. The molecule has 0 saturated carbocycles. The molecule has 0 fully saturated rings. The zero-order valence-corrected chi connectivity index (χ0v) is 15.0. The maximum absolute atomic E-state index is 12.5. The maximum Gasteiger partial charge on any atom is 0.305 e. The smallest absolute Gasteiger partial charge is 0.305 e. The summed E-state index contributed by atoms with van der Waals surface area (Å²) in [5, 5.41) is 9.52. The Balaban J connectivity index is 2.27. The molecular weight excluding hydrogens is 366 g/mol. The predicted molar refractivity (Wildman–Crippen MR) is 94.4 cm³/mol. The van der Waals surface area contributed by atoms with Gasteiger partial charge in [0, 0.05) is 5.02 Å². The summed E-state index contributed by atoms with van der Waals surface area (Å²) in [6, 6.07) is 11.4. The highest BCUT2D eigenvalue weighted by molar-refractivity contribution is 7.89. The van der Waals surface area contributed by atoms with Gasteiger partial charge in [0.2, 0.25) is 10.0 Å². The van der Waals surface area contributed by atoms with Gasteiger partial charge in [-0.25, -0.2) is 13.1 Å². The molecule has 0 heterocycles. The van der Waals surface area contributed by atoms with Crippen LogP contribution >= 0.6 is 11.6 Å². The maximum atomic E-state index is 12.5. The summed E-state index contributed by atoms with van der Waals surface area (Å²) >= 11 is 5.77. The number of nitrogens with one attached hydrogen (secondary N) is 1. The SMILES string of the molecule is CCOc1ccc([C@@H](CC(=O)O)NS(=O)(=O)c2ccc(Cl)cc2)cc1. The molecule has 0 saturated heterocycles. The molecule has 0 aliphatic rings. The Morgan fingerprint density at radius 3 is 2.28 bits per heavy atom. The van der Waals surface area contributed by atoms with Crippen molar-refractivity contribution in [2.45, 2.75) is 24.3 Å². The fourth-order valence-corrected chi connectivity index (χ4v) is 3.58. The van der Waals surface area contributed by atoms with E-state index in [4.69, 9.17) is 21.4 Å². The minimum Gasteiger partial charge on any atom is -0.494 e. The number of benzene rings is 2. The Bertz CT molecular complexity index is 819. The number of rotatable bonds is 8. The Morgan fingerprint density at radius 1 is 1.16 bits per heavy atom. The summed E-state index contributed by atoms with van der Waals surface area (Å²) in [6.07, 6.45) is -0.388. The number of ether oxygens (including phenoxy) is 1. The third-order valence-electron chi connectivity index (χ3n) is 3.39. The summed E-state index contributed by atoms with van der Waals surface area (Å²) in [7, 11) is -3.89. The molecule has 0 aliphatic carbocycles. The molecule has 0 amide bonds. The topological polar surface area (TPSA) is 92.7 Å². The minimum atomic E-state index is -3.89. The Hall–Kier alpha value is -2.09. The third-order valence-corrected chi connectivity index (χ3v) is 5.13. The third kappa shape index (κ3) is 5.45. The molecule has 2 aromatic rings. The molecule has 0 radical (unpaired) electrons. The van der Waals surface area contributed by atoms with E-state index in [1.54, 1.807) is 24.3 Å². The summed E-state index contributed by atoms with van der Waals surface area (Å²) in [5.41, 5.74) is 0.531. The molecule has 25 heavy (non-hydrogen) atoms. The van der Waals surface area contributed by atoms with Crippen molar-refractivity contribution in [1.29, 1.82) is 0 Å².